The molecule has 1 N–H and O–H groups in total. The molecule has 5 nitrogen and oxygen atoms in total. The van der Waals surface area contributed by atoms with E-state index in [-0.39, 0.29) is 6.04 Å². The first-order chi connectivity index (χ1) is 8.44. The Balaban J connectivity index is 2.04. The minimum atomic E-state index is -3.15. The maximum atomic E-state index is 11.2. The van der Waals surface area contributed by atoms with E-state index < -0.39 is 10.0 Å². The van der Waals surface area contributed by atoms with Crippen LogP contribution in [0.1, 0.15) is 12.8 Å². The Morgan fingerprint density at radius 1 is 1.50 bits per heavy atom. The number of nitrogens with one attached hydrogen (secondary N) is 1. The van der Waals surface area contributed by atoms with Crippen molar-refractivity contribution in [3.05, 3.63) is 23.4 Å². The number of nitrogens with zero attached hydrogens (tertiary/aromatic N) is 2. The second-order valence-electron chi connectivity index (χ2n) is 4.51. The Morgan fingerprint density at radius 2 is 2.28 bits per heavy atom. The molecule has 2 rings (SSSR count). The zero-order valence-corrected chi connectivity index (χ0v) is 11.7. The van der Waals surface area contributed by atoms with Gasteiger partial charge in [0.1, 0.15) is 5.82 Å². The van der Waals surface area contributed by atoms with Gasteiger partial charge >= 0.3 is 0 Å². The van der Waals surface area contributed by atoms with Crippen molar-refractivity contribution in [2.45, 2.75) is 18.9 Å². The van der Waals surface area contributed by atoms with Gasteiger partial charge in [0, 0.05) is 25.3 Å². The van der Waals surface area contributed by atoms with Crippen LogP contribution < -0.4 is 9.62 Å². The number of halogens is 1. The number of rotatable bonds is 3. The van der Waals surface area contributed by atoms with E-state index in [4.69, 9.17) is 11.6 Å². The van der Waals surface area contributed by atoms with Crippen LogP contribution in [0.15, 0.2) is 18.3 Å². The molecule has 1 fully saturated rings. The van der Waals surface area contributed by atoms with Crippen LogP contribution in [-0.2, 0) is 10.0 Å². The Labute approximate surface area is 112 Å². The standard InChI is InChI=1S/C11H16ClN3O2S/c1-18(16,17)14-10-3-2-6-15(8-10)11-5-4-9(12)7-13-11/h4-5,7,10,14H,2-3,6,8H2,1H3/t10-/m1/s1. The average Bonchev–Trinajstić information content (AvgIpc) is 2.28. The van der Waals surface area contributed by atoms with Crippen LogP contribution >= 0.6 is 11.6 Å². The fourth-order valence-electron chi connectivity index (χ4n) is 2.14. The van der Waals surface area contributed by atoms with Crippen LogP contribution in [0.4, 0.5) is 5.82 Å². The molecule has 100 valence electrons. The summed E-state index contributed by atoms with van der Waals surface area (Å²) in [4.78, 5) is 6.32. The van der Waals surface area contributed by atoms with Crippen molar-refractivity contribution >= 4 is 27.4 Å². The van der Waals surface area contributed by atoms with E-state index in [1.165, 1.54) is 6.26 Å². The van der Waals surface area contributed by atoms with E-state index in [9.17, 15) is 8.42 Å². The fraction of sp³-hybridized carbons (Fsp3) is 0.545. The van der Waals surface area contributed by atoms with Gasteiger partial charge in [-0.25, -0.2) is 18.1 Å². The molecule has 1 aliphatic rings. The Hall–Kier alpha value is -0.850. The summed E-state index contributed by atoms with van der Waals surface area (Å²) in [5, 5.41) is 0.599. The number of aromatic nitrogens is 1. The first kappa shape index (κ1) is 13.6. The van der Waals surface area contributed by atoms with E-state index in [0.29, 0.717) is 11.6 Å². The van der Waals surface area contributed by atoms with Gasteiger partial charge in [-0.05, 0) is 25.0 Å². The Morgan fingerprint density at radius 3 is 2.89 bits per heavy atom. The molecule has 0 amide bonds. The molecule has 0 aromatic carbocycles. The van der Waals surface area contributed by atoms with E-state index >= 15 is 0 Å². The van der Waals surface area contributed by atoms with E-state index in [0.717, 1.165) is 25.2 Å². The van der Waals surface area contributed by atoms with Crippen LogP contribution in [0.25, 0.3) is 0 Å². The van der Waals surface area contributed by atoms with Gasteiger partial charge in [-0.2, -0.15) is 0 Å². The lowest BCUT2D eigenvalue weighted by atomic mass is 10.1. The normalized spacial score (nSPS) is 21.0. The van der Waals surface area contributed by atoms with Crippen molar-refractivity contribution in [2.75, 3.05) is 24.2 Å². The number of hydrogen-bond donors (Lipinski definition) is 1. The van der Waals surface area contributed by atoms with Crippen LogP contribution in [0.2, 0.25) is 5.02 Å². The molecule has 2 heterocycles. The highest BCUT2D eigenvalue weighted by Gasteiger charge is 2.22. The SMILES string of the molecule is CS(=O)(=O)N[C@@H]1CCCN(c2ccc(Cl)cn2)C1. The van der Waals surface area contributed by atoms with Crippen LogP contribution in [0.5, 0.6) is 0 Å². The highest BCUT2D eigenvalue weighted by molar-refractivity contribution is 7.88. The molecule has 1 saturated heterocycles. The summed E-state index contributed by atoms with van der Waals surface area (Å²) in [6.45, 7) is 1.53. The Bertz CT molecular complexity index is 504. The van der Waals surface area contributed by atoms with Crippen molar-refractivity contribution in [1.82, 2.24) is 9.71 Å². The molecule has 7 heteroatoms. The van der Waals surface area contributed by atoms with Gasteiger partial charge in [-0.15, -0.1) is 0 Å². The lowest BCUT2D eigenvalue weighted by Gasteiger charge is -2.33. The minimum Gasteiger partial charge on any atom is -0.355 e. The van der Waals surface area contributed by atoms with E-state index in [1.807, 2.05) is 6.07 Å². The van der Waals surface area contributed by atoms with Crippen LogP contribution in [-0.4, -0.2) is 38.8 Å². The molecule has 0 unspecified atom stereocenters. The monoisotopic (exact) mass is 289 g/mol. The van der Waals surface area contributed by atoms with Crippen molar-refractivity contribution in [2.24, 2.45) is 0 Å². The molecule has 0 bridgehead atoms. The maximum absolute atomic E-state index is 11.2. The molecule has 1 atom stereocenters. The van der Waals surface area contributed by atoms with Gasteiger partial charge in [0.15, 0.2) is 0 Å². The zero-order valence-electron chi connectivity index (χ0n) is 10.1. The maximum Gasteiger partial charge on any atom is 0.209 e. The van der Waals surface area contributed by atoms with Crippen LogP contribution in [0.3, 0.4) is 0 Å². The molecule has 1 aliphatic heterocycles. The smallest absolute Gasteiger partial charge is 0.209 e. The number of pyridine rings is 1. The van der Waals surface area contributed by atoms with E-state index in [1.54, 1.807) is 12.3 Å². The molecule has 1 aromatic rings. The molecular formula is C11H16ClN3O2S. The molecule has 0 radical (unpaired) electrons. The summed E-state index contributed by atoms with van der Waals surface area (Å²) in [6, 6.07) is 3.59. The van der Waals surface area contributed by atoms with Gasteiger partial charge in [-0.1, -0.05) is 11.6 Å². The topological polar surface area (TPSA) is 62.3 Å². The number of anilines is 1. The lowest BCUT2D eigenvalue weighted by Crippen LogP contribution is -2.47. The predicted octanol–water partition coefficient (Wildman–Crippen LogP) is 1.25. The third-order valence-corrected chi connectivity index (χ3v) is 3.82. The number of sulfonamides is 1. The third kappa shape index (κ3) is 3.83. The zero-order chi connectivity index (χ0) is 13.2. The predicted molar refractivity (Wildman–Crippen MR) is 72.5 cm³/mol. The average molecular weight is 290 g/mol. The molecule has 0 saturated carbocycles. The van der Waals surface area contributed by atoms with Gasteiger partial charge < -0.3 is 4.90 Å². The first-order valence-electron chi connectivity index (χ1n) is 5.78. The second kappa shape index (κ2) is 5.42. The van der Waals surface area contributed by atoms with Crippen molar-refractivity contribution in [3.63, 3.8) is 0 Å². The van der Waals surface area contributed by atoms with Crippen molar-refractivity contribution in [3.8, 4) is 0 Å². The highest BCUT2D eigenvalue weighted by Crippen LogP contribution is 2.19. The third-order valence-electron chi connectivity index (χ3n) is 2.84. The summed E-state index contributed by atoms with van der Waals surface area (Å²) in [6.07, 6.45) is 4.59. The van der Waals surface area contributed by atoms with Gasteiger partial charge in [-0.3, -0.25) is 0 Å². The summed E-state index contributed by atoms with van der Waals surface area (Å²) in [7, 11) is -3.15. The van der Waals surface area contributed by atoms with Gasteiger partial charge in [0.05, 0.1) is 11.3 Å². The number of hydrogen-bond acceptors (Lipinski definition) is 4. The largest absolute Gasteiger partial charge is 0.355 e. The quantitative estimate of drug-likeness (QED) is 0.910. The van der Waals surface area contributed by atoms with E-state index in [2.05, 4.69) is 14.6 Å². The molecule has 18 heavy (non-hydrogen) atoms. The first-order valence-corrected chi connectivity index (χ1v) is 8.05. The second-order valence-corrected chi connectivity index (χ2v) is 6.73. The van der Waals surface area contributed by atoms with Crippen molar-refractivity contribution < 1.29 is 8.42 Å². The summed E-state index contributed by atoms with van der Waals surface area (Å²) >= 11 is 5.79. The molecule has 1 aromatic heterocycles. The summed E-state index contributed by atoms with van der Waals surface area (Å²) in [5.74, 6) is 0.833. The summed E-state index contributed by atoms with van der Waals surface area (Å²) < 4.78 is 25.1. The fourth-order valence-corrected chi connectivity index (χ4v) is 3.05. The Kier molecular flexibility index (Phi) is 4.09. The summed E-state index contributed by atoms with van der Waals surface area (Å²) in [5.41, 5.74) is 0. The molecule has 0 aliphatic carbocycles. The van der Waals surface area contributed by atoms with Crippen molar-refractivity contribution in [1.29, 1.82) is 0 Å². The van der Waals surface area contributed by atoms with Crippen LogP contribution in [0, 0.1) is 0 Å². The minimum absolute atomic E-state index is 0.0498. The molecule has 0 spiro atoms. The van der Waals surface area contributed by atoms with Gasteiger partial charge in [0.2, 0.25) is 10.0 Å². The number of piperidine rings is 1. The highest BCUT2D eigenvalue weighted by atomic mass is 35.5. The molecular weight excluding hydrogens is 274 g/mol. The lowest BCUT2D eigenvalue weighted by molar-refractivity contribution is 0.465. The van der Waals surface area contributed by atoms with Gasteiger partial charge in [0.25, 0.3) is 0 Å².